The molecule has 3 rings (SSSR count). The van der Waals surface area contributed by atoms with E-state index in [1.165, 1.54) is 6.20 Å². The summed E-state index contributed by atoms with van der Waals surface area (Å²) in [6.07, 6.45) is 5.53. The molecule has 118 valence electrons. The van der Waals surface area contributed by atoms with Crippen LogP contribution in [0.3, 0.4) is 0 Å². The fourth-order valence-corrected chi connectivity index (χ4v) is 2.80. The van der Waals surface area contributed by atoms with Gasteiger partial charge in [-0.3, -0.25) is 15.2 Å². The summed E-state index contributed by atoms with van der Waals surface area (Å²) in [7, 11) is 0. The molecule has 0 saturated carbocycles. The minimum Gasteiger partial charge on any atom is -0.382 e. The second-order valence-corrected chi connectivity index (χ2v) is 5.95. The average molecular weight is 374 g/mol. The highest BCUT2D eigenvalue weighted by molar-refractivity contribution is 9.10. The summed E-state index contributed by atoms with van der Waals surface area (Å²) in [4.78, 5) is 16.3. The van der Waals surface area contributed by atoms with Gasteiger partial charge in [0.1, 0.15) is 0 Å². The Bertz CT molecular complexity index is 832. The predicted molar refractivity (Wildman–Crippen MR) is 94.0 cm³/mol. The van der Waals surface area contributed by atoms with Crippen molar-refractivity contribution in [1.29, 1.82) is 0 Å². The van der Waals surface area contributed by atoms with Crippen LogP contribution in [0.15, 0.2) is 53.4 Å². The molecule has 0 unspecified atom stereocenters. The van der Waals surface area contributed by atoms with Crippen molar-refractivity contribution in [2.45, 2.75) is 6.54 Å². The molecule has 4 N–H and O–H groups in total. The minimum atomic E-state index is -0.372. The largest absolute Gasteiger partial charge is 0.382 e. The van der Waals surface area contributed by atoms with Gasteiger partial charge in [-0.1, -0.05) is 15.9 Å². The summed E-state index contributed by atoms with van der Waals surface area (Å²) < 4.78 is 2.99. The molecule has 6 nitrogen and oxygen atoms in total. The van der Waals surface area contributed by atoms with Crippen LogP contribution < -0.4 is 16.6 Å². The normalized spacial score (nSPS) is 10.7. The first kappa shape index (κ1) is 15.5. The van der Waals surface area contributed by atoms with Crippen molar-refractivity contribution >= 4 is 38.4 Å². The Morgan fingerprint density at radius 3 is 2.83 bits per heavy atom. The van der Waals surface area contributed by atoms with Crippen molar-refractivity contribution in [2.24, 2.45) is 5.84 Å². The van der Waals surface area contributed by atoms with Crippen LogP contribution in [0.1, 0.15) is 10.4 Å². The van der Waals surface area contributed by atoms with Gasteiger partial charge in [-0.15, -0.1) is 0 Å². The molecule has 2 heterocycles. The molecule has 1 amide bonds. The van der Waals surface area contributed by atoms with Gasteiger partial charge < -0.3 is 9.88 Å². The number of rotatable bonds is 5. The molecular weight excluding hydrogens is 358 g/mol. The van der Waals surface area contributed by atoms with Crippen LogP contribution >= 0.6 is 15.9 Å². The lowest BCUT2D eigenvalue weighted by molar-refractivity contribution is 0.0954. The predicted octanol–water partition coefficient (Wildman–Crippen LogP) is 2.51. The van der Waals surface area contributed by atoms with Crippen LogP contribution in [0.4, 0.5) is 5.69 Å². The Balaban J connectivity index is 1.96. The molecular formula is C16H16BrN5O. The van der Waals surface area contributed by atoms with E-state index < -0.39 is 0 Å². The highest BCUT2D eigenvalue weighted by Crippen LogP contribution is 2.28. The summed E-state index contributed by atoms with van der Waals surface area (Å²) in [5, 5.41) is 4.21. The Morgan fingerprint density at radius 2 is 2.09 bits per heavy atom. The number of carbonyl (C=O) groups is 1. The first-order valence-corrected chi connectivity index (χ1v) is 7.92. The third-order valence-electron chi connectivity index (χ3n) is 3.54. The molecule has 0 spiro atoms. The highest BCUT2D eigenvalue weighted by atomic mass is 79.9. The zero-order chi connectivity index (χ0) is 16.2. The van der Waals surface area contributed by atoms with Gasteiger partial charge >= 0.3 is 0 Å². The highest BCUT2D eigenvalue weighted by Gasteiger charge is 2.14. The summed E-state index contributed by atoms with van der Waals surface area (Å²) in [6.45, 7) is 1.46. The third-order valence-corrected chi connectivity index (χ3v) is 4.04. The number of nitrogens with two attached hydrogens (primary N) is 1. The quantitative estimate of drug-likeness (QED) is 0.364. The number of fused-ring (bicyclic) bond motifs is 1. The van der Waals surface area contributed by atoms with Crippen LogP contribution in [0, 0.1) is 0 Å². The number of nitrogens with one attached hydrogen (secondary N) is 2. The molecule has 0 fully saturated rings. The molecule has 7 heteroatoms. The molecule has 0 saturated heterocycles. The molecule has 0 aliphatic heterocycles. The maximum atomic E-state index is 12.0. The van der Waals surface area contributed by atoms with E-state index in [4.69, 9.17) is 5.84 Å². The zero-order valence-corrected chi connectivity index (χ0v) is 13.9. The van der Waals surface area contributed by atoms with Gasteiger partial charge in [0.15, 0.2) is 0 Å². The van der Waals surface area contributed by atoms with Gasteiger partial charge in [0.25, 0.3) is 5.91 Å². The molecule has 0 atom stereocenters. The number of anilines is 1. The maximum Gasteiger partial charge on any atom is 0.268 e. The van der Waals surface area contributed by atoms with Crippen molar-refractivity contribution in [2.75, 3.05) is 11.9 Å². The molecule has 23 heavy (non-hydrogen) atoms. The van der Waals surface area contributed by atoms with E-state index in [9.17, 15) is 4.79 Å². The van der Waals surface area contributed by atoms with Gasteiger partial charge in [-0.25, -0.2) is 5.84 Å². The van der Waals surface area contributed by atoms with Gasteiger partial charge in [0.05, 0.1) is 16.8 Å². The van der Waals surface area contributed by atoms with Crippen LogP contribution in [-0.4, -0.2) is 22.0 Å². The lowest BCUT2D eigenvalue weighted by Gasteiger charge is -2.14. The SMILES string of the molecule is NNC(=O)c1cnc2ccc(Br)cc2c1NCCn1cccc1. The summed E-state index contributed by atoms with van der Waals surface area (Å²) >= 11 is 3.46. The van der Waals surface area contributed by atoms with E-state index in [2.05, 4.69) is 36.2 Å². The number of hydrogen-bond acceptors (Lipinski definition) is 4. The van der Waals surface area contributed by atoms with Crippen molar-refractivity contribution in [3.8, 4) is 0 Å². The Morgan fingerprint density at radius 1 is 1.30 bits per heavy atom. The molecule has 0 radical (unpaired) electrons. The van der Waals surface area contributed by atoms with E-state index in [1.54, 1.807) is 0 Å². The Kier molecular flexibility index (Phi) is 4.59. The molecule has 1 aromatic carbocycles. The van der Waals surface area contributed by atoms with Crippen LogP contribution in [0.5, 0.6) is 0 Å². The van der Waals surface area contributed by atoms with E-state index in [0.717, 1.165) is 27.6 Å². The first-order valence-electron chi connectivity index (χ1n) is 7.13. The standard InChI is InChI=1S/C16H16BrN5O/c17-11-3-4-14-12(9-11)15(13(10-20-14)16(23)21-18)19-5-8-22-6-1-2-7-22/h1-4,6-7,9-10H,5,8,18H2,(H,19,20)(H,21,23). The van der Waals surface area contributed by atoms with Gasteiger partial charge in [-0.05, 0) is 30.3 Å². The summed E-state index contributed by atoms with van der Waals surface area (Å²) in [5.41, 5.74) is 4.13. The lowest BCUT2D eigenvalue weighted by atomic mass is 10.1. The third kappa shape index (κ3) is 3.35. The average Bonchev–Trinajstić information content (AvgIpc) is 3.07. The number of halogens is 1. The van der Waals surface area contributed by atoms with Gasteiger partial charge in [-0.2, -0.15) is 0 Å². The van der Waals surface area contributed by atoms with Crippen molar-refractivity contribution in [1.82, 2.24) is 15.0 Å². The fraction of sp³-hybridized carbons (Fsp3) is 0.125. The minimum absolute atomic E-state index is 0.372. The molecule has 3 aromatic rings. The number of carbonyl (C=O) groups excluding carboxylic acids is 1. The number of hydrazine groups is 1. The fourth-order valence-electron chi connectivity index (χ4n) is 2.43. The lowest BCUT2D eigenvalue weighted by Crippen LogP contribution is -2.31. The van der Waals surface area contributed by atoms with E-state index in [-0.39, 0.29) is 5.91 Å². The van der Waals surface area contributed by atoms with E-state index in [1.807, 2.05) is 42.7 Å². The number of benzene rings is 1. The van der Waals surface area contributed by atoms with Crippen LogP contribution in [0.25, 0.3) is 10.9 Å². The molecule has 0 bridgehead atoms. The second-order valence-electron chi connectivity index (χ2n) is 5.03. The van der Waals surface area contributed by atoms with E-state index in [0.29, 0.717) is 12.1 Å². The first-order chi connectivity index (χ1) is 11.2. The second kappa shape index (κ2) is 6.80. The number of hydrogen-bond donors (Lipinski definition) is 3. The maximum absolute atomic E-state index is 12.0. The monoisotopic (exact) mass is 373 g/mol. The number of pyridine rings is 1. The zero-order valence-electron chi connectivity index (χ0n) is 12.3. The van der Waals surface area contributed by atoms with Gasteiger partial charge in [0, 0.05) is 41.5 Å². The molecule has 0 aliphatic rings. The van der Waals surface area contributed by atoms with Crippen molar-refractivity contribution in [3.05, 3.63) is 59.0 Å². The number of amides is 1. The smallest absolute Gasteiger partial charge is 0.268 e. The van der Waals surface area contributed by atoms with Crippen LogP contribution in [0.2, 0.25) is 0 Å². The summed E-state index contributed by atoms with van der Waals surface area (Å²) in [5.74, 6) is 4.91. The van der Waals surface area contributed by atoms with Crippen molar-refractivity contribution in [3.63, 3.8) is 0 Å². The van der Waals surface area contributed by atoms with Gasteiger partial charge in [0.2, 0.25) is 0 Å². The summed E-state index contributed by atoms with van der Waals surface area (Å²) in [6, 6.07) is 9.72. The Hall–Kier alpha value is -2.38. The topological polar surface area (TPSA) is 85.0 Å². The number of aromatic nitrogens is 2. The number of nitrogens with zero attached hydrogens (tertiary/aromatic N) is 2. The van der Waals surface area contributed by atoms with Crippen molar-refractivity contribution < 1.29 is 4.79 Å². The molecule has 0 aliphatic carbocycles. The van der Waals surface area contributed by atoms with E-state index >= 15 is 0 Å². The number of nitrogen functional groups attached to an aromatic ring is 1. The molecule has 2 aromatic heterocycles. The Labute approximate surface area is 141 Å². The van der Waals surface area contributed by atoms with Crippen LogP contribution in [-0.2, 0) is 6.54 Å².